The number of aromatic nitrogens is 1. The molecule has 0 bridgehead atoms. The normalized spacial score (nSPS) is 13.7. The number of hydrogen-bond donors (Lipinski definition) is 1. The SMILES string of the molecule is C[C@H](N[C@@H](C)c1ccccc1[N+](=O)[O-])c1cncc(F)c1. The highest BCUT2D eigenvalue weighted by molar-refractivity contribution is 5.41. The summed E-state index contributed by atoms with van der Waals surface area (Å²) in [5, 5.41) is 14.3. The number of nitrogens with zero attached hydrogens (tertiary/aromatic N) is 2. The van der Waals surface area contributed by atoms with Crippen molar-refractivity contribution in [3.63, 3.8) is 0 Å². The molecule has 1 N–H and O–H groups in total. The second-order valence-corrected chi connectivity index (χ2v) is 4.86. The van der Waals surface area contributed by atoms with Crippen LogP contribution in [-0.4, -0.2) is 9.91 Å². The Morgan fingerprint density at radius 3 is 2.62 bits per heavy atom. The van der Waals surface area contributed by atoms with E-state index in [1.54, 1.807) is 24.4 Å². The first-order valence-electron chi connectivity index (χ1n) is 6.59. The predicted octanol–water partition coefficient (Wildman–Crippen LogP) is 3.54. The van der Waals surface area contributed by atoms with E-state index >= 15 is 0 Å². The van der Waals surface area contributed by atoms with Crippen molar-refractivity contribution < 1.29 is 9.31 Å². The fraction of sp³-hybridized carbons (Fsp3) is 0.267. The average Bonchev–Trinajstić information content (AvgIpc) is 2.47. The molecular formula is C15H16FN3O2. The van der Waals surface area contributed by atoms with Crippen molar-refractivity contribution in [2.75, 3.05) is 0 Å². The van der Waals surface area contributed by atoms with Gasteiger partial charge in [-0.15, -0.1) is 0 Å². The monoisotopic (exact) mass is 289 g/mol. The van der Waals surface area contributed by atoms with E-state index in [4.69, 9.17) is 0 Å². The molecule has 1 aromatic heterocycles. The molecule has 0 aliphatic carbocycles. The lowest BCUT2D eigenvalue weighted by atomic mass is 10.0. The van der Waals surface area contributed by atoms with Gasteiger partial charge in [0.25, 0.3) is 5.69 Å². The Kier molecular flexibility index (Phi) is 4.59. The van der Waals surface area contributed by atoms with Crippen molar-refractivity contribution in [1.29, 1.82) is 0 Å². The highest BCUT2D eigenvalue weighted by Gasteiger charge is 2.20. The lowest BCUT2D eigenvalue weighted by molar-refractivity contribution is -0.385. The second kappa shape index (κ2) is 6.41. The molecule has 0 radical (unpaired) electrons. The van der Waals surface area contributed by atoms with E-state index in [1.807, 2.05) is 13.8 Å². The predicted molar refractivity (Wildman–Crippen MR) is 77.3 cm³/mol. The zero-order chi connectivity index (χ0) is 15.4. The molecule has 0 amide bonds. The van der Waals surface area contributed by atoms with Crippen LogP contribution >= 0.6 is 0 Å². The van der Waals surface area contributed by atoms with Crippen molar-refractivity contribution >= 4 is 5.69 Å². The van der Waals surface area contributed by atoms with E-state index in [0.29, 0.717) is 11.1 Å². The first kappa shape index (κ1) is 15.1. The summed E-state index contributed by atoms with van der Waals surface area (Å²) in [6.07, 6.45) is 2.72. The maximum Gasteiger partial charge on any atom is 0.274 e. The van der Waals surface area contributed by atoms with Gasteiger partial charge in [0.1, 0.15) is 5.82 Å². The molecule has 2 rings (SSSR count). The molecule has 5 nitrogen and oxygen atoms in total. The summed E-state index contributed by atoms with van der Waals surface area (Å²) >= 11 is 0. The van der Waals surface area contributed by atoms with Gasteiger partial charge in [0.2, 0.25) is 0 Å². The van der Waals surface area contributed by atoms with Gasteiger partial charge < -0.3 is 5.32 Å². The van der Waals surface area contributed by atoms with Crippen LogP contribution in [0, 0.1) is 15.9 Å². The Balaban J connectivity index is 2.18. The lowest BCUT2D eigenvalue weighted by Gasteiger charge is -2.20. The summed E-state index contributed by atoms with van der Waals surface area (Å²) in [7, 11) is 0. The number of para-hydroxylation sites is 1. The van der Waals surface area contributed by atoms with E-state index in [1.165, 1.54) is 12.1 Å². The molecule has 21 heavy (non-hydrogen) atoms. The van der Waals surface area contributed by atoms with Crippen LogP contribution in [0.5, 0.6) is 0 Å². The number of hydrogen-bond acceptors (Lipinski definition) is 4. The number of benzene rings is 1. The summed E-state index contributed by atoms with van der Waals surface area (Å²) in [5.74, 6) is -0.403. The molecule has 1 heterocycles. The summed E-state index contributed by atoms with van der Waals surface area (Å²) in [4.78, 5) is 14.5. The van der Waals surface area contributed by atoms with Crippen LogP contribution in [0.4, 0.5) is 10.1 Å². The first-order chi connectivity index (χ1) is 9.99. The fourth-order valence-corrected chi connectivity index (χ4v) is 2.25. The van der Waals surface area contributed by atoms with E-state index in [-0.39, 0.29) is 17.8 Å². The van der Waals surface area contributed by atoms with E-state index in [9.17, 15) is 14.5 Å². The number of nitro groups is 1. The Morgan fingerprint density at radius 1 is 1.24 bits per heavy atom. The van der Waals surface area contributed by atoms with Crippen LogP contribution in [0.15, 0.2) is 42.7 Å². The smallest absolute Gasteiger partial charge is 0.274 e. The molecular weight excluding hydrogens is 273 g/mol. The maximum atomic E-state index is 13.2. The number of halogens is 1. The third kappa shape index (κ3) is 3.61. The number of nitrogens with one attached hydrogen (secondary N) is 1. The minimum absolute atomic E-state index is 0.0714. The van der Waals surface area contributed by atoms with Crippen LogP contribution in [0.1, 0.15) is 37.1 Å². The van der Waals surface area contributed by atoms with Gasteiger partial charge in [-0.1, -0.05) is 18.2 Å². The summed E-state index contributed by atoms with van der Waals surface area (Å²) in [6.45, 7) is 3.70. The third-order valence-electron chi connectivity index (χ3n) is 3.33. The van der Waals surface area contributed by atoms with Crippen LogP contribution in [-0.2, 0) is 0 Å². The summed E-state index contributed by atoms with van der Waals surface area (Å²) in [6, 6.07) is 7.56. The molecule has 110 valence electrons. The molecule has 2 atom stereocenters. The minimum Gasteiger partial charge on any atom is -0.303 e. The molecule has 0 aliphatic rings. The van der Waals surface area contributed by atoms with Crippen LogP contribution in [0.3, 0.4) is 0 Å². The highest BCUT2D eigenvalue weighted by atomic mass is 19.1. The topological polar surface area (TPSA) is 68.1 Å². The van der Waals surface area contributed by atoms with E-state index in [2.05, 4.69) is 10.3 Å². The number of rotatable bonds is 5. The van der Waals surface area contributed by atoms with Gasteiger partial charge >= 0.3 is 0 Å². The van der Waals surface area contributed by atoms with Crippen LogP contribution in [0.2, 0.25) is 0 Å². The van der Waals surface area contributed by atoms with Crippen molar-refractivity contribution in [1.82, 2.24) is 10.3 Å². The van der Waals surface area contributed by atoms with E-state index < -0.39 is 10.7 Å². The summed E-state index contributed by atoms with van der Waals surface area (Å²) in [5.41, 5.74) is 1.36. The molecule has 0 unspecified atom stereocenters. The number of pyridine rings is 1. The maximum absolute atomic E-state index is 13.2. The van der Waals surface area contributed by atoms with Crippen molar-refractivity contribution in [2.24, 2.45) is 0 Å². The average molecular weight is 289 g/mol. The van der Waals surface area contributed by atoms with Gasteiger partial charge in [0.15, 0.2) is 0 Å². The Morgan fingerprint density at radius 2 is 1.95 bits per heavy atom. The fourth-order valence-electron chi connectivity index (χ4n) is 2.25. The van der Waals surface area contributed by atoms with Gasteiger partial charge in [0.05, 0.1) is 11.1 Å². The first-order valence-corrected chi connectivity index (χ1v) is 6.59. The third-order valence-corrected chi connectivity index (χ3v) is 3.33. The molecule has 1 aromatic carbocycles. The molecule has 0 saturated heterocycles. The standard InChI is InChI=1S/C15H16FN3O2/c1-10(12-7-13(16)9-17-8-12)18-11(2)14-5-3-4-6-15(14)19(20)21/h3-11,18H,1-2H3/t10-,11-/m0/s1. The number of nitro benzene ring substituents is 1. The Labute approximate surface area is 122 Å². The van der Waals surface area contributed by atoms with Crippen LogP contribution in [0.25, 0.3) is 0 Å². The molecule has 0 spiro atoms. The molecule has 0 saturated carbocycles. The van der Waals surface area contributed by atoms with Gasteiger partial charge in [0, 0.05) is 29.9 Å². The van der Waals surface area contributed by atoms with E-state index in [0.717, 1.165) is 6.20 Å². The highest BCUT2D eigenvalue weighted by Crippen LogP contribution is 2.26. The van der Waals surface area contributed by atoms with Gasteiger partial charge in [-0.3, -0.25) is 15.1 Å². The quantitative estimate of drug-likeness (QED) is 0.675. The van der Waals surface area contributed by atoms with Gasteiger partial charge in [-0.2, -0.15) is 0 Å². The zero-order valence-electron chi connectivity index (χ0n) is 11.8. The molecule has 2 aromatic rings. The van der Waals surface area contributed by atoms with Crippen LogP contribution < -0.4 is 5.32 Å². The minimum atomic E-state index is -0.403. The Bertz CT molecular complexity index is 648. The molecule has 0 aliphatic heterocycles. The largest absolute Gasteiger partial charge is 0.303 e. The molecule has 6 heteroatoms. The van der Waals surface area contributed by atoms with Gasteiger partial charge in [-0.05, 0) is 25.5 Å². The van der Waals surface area contributed by atoms with Gasteiger partial charge in [-0.25, -0.2) is 4.39 Å². The second-order valence-electron chi connectivity index (χ2n) is 4.86. The van der Waals surface area contributed by atoms with Crippen molar-refractivity contribution in [2.45, 2.75) is 25.9 Å². The van der Waals surface area contributed by atoms with Crippen molar-refractivity contribution in [3.8, 4) is 0 Å². The summed E-state index contributed by atoms with van der Waals surface area (Å²) < 4.78 is 13.2. The van der Waals surface area contributed by atoms with Crippen molar-refractivity contribution in [3.05, 3.63) is 69.8 Å². The lowest BCUT2D eigenvalue weighted by Crippen LogP contribution is -2.23. The zero-order valence-corrected chi connectivity index (χ0v) is 11.8. The Hall–Kier alpha value is -2.34. The molecule has 0 fully saturated rings.